The van der Waals surface area contributed by atoms with Gasteiger partial charge in [-0.2, -0.15) is 23.3 Å². The summed E-state index contributed by atoms with van der Waals surface area (Å²) < 4.78 is 55.6. The summed E-state index contributed by atoms with van der Waals surface area (Å²) in [5.74, 6) is -0.849. The molecule has 2 aromatic heterocycles. The van der Waals surface area contributed by atoms with Gasteiger partial charge in [0.2, 0.25) is 5.95 Å². The van der Waals surface area contributed by atoms with Crippen molar-refractivity contribution in [2.75, 3.05) is 10.6 Å². The van der Waals surface area contributed by atoms with E-state index in [0.717, 1.165) is 30.3 Å². The standard InChI is InChI=1S/C21H15F4N7O2/c1-31-11-14(9-27-31)28-20-26-10-16(12-3-2-4-13(7-12)21(23,24)25)19(30-20)29-18-8-15(32(33)34)5-6-17(18)22/h2-11H,1H3,(H2,26,28,29,30). The minimum Gasteiger partial charge on any atom is -0.337 e. The van der Waals surface area contributed by atoms with Gasteiger partial charge in [-0.1, -0.05) is 12.1 Å². The predicted molar refractivity (Wildman–Crippen MR) is 115 cm³/mol. The van der Waals surface area contributed by atoms with Crippen molar-refractivity contribution >= 4 is 28.8 Å². The van der Waals surface area contributed by atoms with Gasteiger partial charge in [0.25, 0.3) is 5.69 Å². The molecule has 0 atom stereocenters. The molecule has 0 aliphatic heterocycles. The molecule has 174 valence electrons. The molecule has 2 heterocycles. The van der Waals surface area contributed by atoms with Gasteiger partial charge in [0, 0.05) is 37.1 Å². The van der Waals surface area contributed by atoms with Crippen LogP contribution < -0.4 is 10.6 Å². The minimum atomic E-state index is -4.58. The van der Waals surface area contributed by atoms with Gasteiger partial charge in [-0.25, -0.2) is 9.37 Å². The molecule has 9 nitrogen and oxygen atoms in total. The predicted octanol–water partition coefficient (Wildman–Crippen LogP) is 5.43. The Kier molecular flexibility index (Phi) is 5.84. The second-order valence-electron chi connectivity index (χ2n) is 7.11. The van der Waals surface area contributed by atoms with Crippen LogP contribution in [0.1, 0.15) is 5.56 Å². The van der Waals surface area contributed by atoms with E-state index >= 15 is 0 Å². The van der Waals surface area contributed by atoms with Crippen molar-refractivity contribution in [2.24, 2.45) is 7.05 Å². The van der Waals surface area contributed by atoms with Crippen LogP contribution in [0.5, 0.6) is 0 Å². The molecule has 4 rings (SSSR count). The number of alkyl halides is 3. The quantitative estimate of drug-likeness (QED) is 0.218. The summed E-state index contributed by atoms with van der Waals surface area (Å²) in [6.45, 7) is 0. The molecule has 0 aliphatic carbocycles. The van der Waals surface area contributed by atoms with Crippen LogP contribution in [-0.2, 0) is 13.2 Å². The molecule has 0 aliphatic rings. The molecular formula is C21H15F4N7O2. The van der Waals surface area contributed by atoms with Gasteiger partial charge in [-0.05, 0) is 23.8 Å². The number of benzene rings is 2. The summed E-state index contributed by atoms with van der Waals surface area (Å²) in [4.78, 5) is 18.8. The van der Waals surface area contributed by atoms with Crippen LogP contribution in [0.3, 0.4) is 0 Å². The van der Waals surface area contributed by atoms with E-state index in [1.54, 1.807) is 13.2 Å². The first-order valence-corrected chi connectivity index (χ1v) is 9.61. The number of anilines is 4. The summed E-state index contributed by atoms with van der Waals surface area (Å²) in [5, 5.41) is 20.6. The fourth-order valence-electron chi connectivity index (χ4n) is 3.08. The third-order valence-corrected chi connectivity index (χ3v) is 4.66. The molecule has 13 heteroatoms. The zero-order chi connectivity index (χ0) is 24.5. The number of nitro benzene ring substituents is 1. The zero-order valence-corrected chi connectivity index (χ0v) is 17.3. The van der Waals surface area contributed by atoms with E-state index in [4.69, 9.17) is 0 Å². The first kappa shape index (κ1) is 22.6. The van der Waals surface area contributed by atoms with Gasteiger partial charge >= 0.3 is 6.18 Å². The Morgan fingerprint density at radius 3 is 2.56 bits per heavy atom. The molecule has 0 radical (unpaired) electrons. The van der Waals surface area contributed by atoms with E-state index in [-0.39, 0.29) is 34.3 Å². The van der Waals surface area contributed by atoms with Crippen molar-refractivity contribution in [3.8, 4) is 11.1 Å². The number of aromatic nitrogens is 4. The zero-order valence-electron chi connectivity index (χ0n) is 17.3. The van der Waals surface area contributed by atoms with Crippen LogP contribution in [0.4, 0.5) is 46.4 Å². The smallest absolute Gasteiger partial charge is 0.337 e. The van der Waals surface area contributed by atoms with Crippen LogP contribution in [0.25, 0.3) is 11.1 Å². The lowest BCUT2D eigenvalue weighted by molar-refractivity contribution is -0.384. The van der Waals surface area contributed by atoms with Gasteiger partial charge in [-0.3, -0.25) is 14.8 Å². The number of hydrogen-bond donors (Lipinski definition) is 2. The Labute approximate surface area is 189 Å². The first-order chi connectivity index (χ1) is 16.1. The lowest BCUT2D eigenvalue weighted by atomic mass is 10.0. The SMILES string of the molecule is Cn1cc(Nc2ncc(-c3cccc(C(F)(F)F)c3)c(Nc3cc([N+](=O)[O-])ccc3F)n2)cn1. The van der Waals surface area contributed by atoms with Crippen molar-refractivity contribution in [2.45, 2.75) is 6.18 Å². The monoisotopic (exact) mass is 473 g/mol. The highest BCUT2D eigenvalue weighted by Crippen LogP contribution is 2.35. The molecule has 0 fully saturated rings. The van der Waals surface area contributed by atoms with Crippen LogP contribution in [0.2, 0.25) is 0 Å². The largest absolute Gasteiger partial charge is 0.416 e. The third kappa shape index (κ3) is 4.92. The molecule has 0 saturated carbocycles. The number of nitrogens with zero attached hydrogens (tertiary/aromatic N) is 5. The molecule has 4 aromatic rings. The lowest BCUT2D eigenvalue weighted by Gasteiger charge is -2.15. The molecule has 0 amide bonds. The van der Waals surface area contributed by atoms with Crippen molar-refractivity contribution in [1.29, 1.82) is 0 Å². The summed E-state index contributed by atoms with van der Waals surface area (Å²) in [5.41, 5.74) is -0.803. The second-order valence-corrected chi connectivity index (χ2v) is 7.11. The van der Waals surface area contributed by atoms with Gasteiger partial charge in [0.15, 0.2) is 0 Å². The first-order valence-electron chi connectivity index (χ1n) is 9.61. The maximum Gasteiger partial charge on any atom is 0.416 e. The number of halogens is 4. The van der Waals surface area contributed by atoms with Gasteiger partial charge in [0.05, 0.1) is 28.1 Å². The number of non-ortho nitro benzene ring substituents is 1. The summed E-state index contributed by atoms with van der Waals surface area (Å²) in [7, 11) is 1.70. The average Bonchev–Trinajstić information content (AvgIpc) is 3.19. The molecule has 0 spiro atoms. The summed E-state index contributed by atoms with van der Waals surface area (Å²) >= 11 is 0. The van der Waals surface area contributed by atoms with Gasteiger partial charge in [0.1, 0.15) is 11.6 Å². The fourth-order valence-corrected chi connectivity index (χ4v) is 3.08. The third-order valence-electron chi connectivity index (χ3n) is 4.66. The number of hydrogen-bond acceptors (Lipinski definition) is 7. The molecule has 2 N–H and O–H groups in total. The van der Waals surface area contributed by atoms with E-state index in [1.807, 2.05) is 0 Å². The highest BCUT2D eigenvalue weighted by molar-refractivity contribution is 5.79. The maximum absolute atomic E-state index is 14.4. The number of aryl methyl sites for hydroxylation is 1. The van der Waals surface area contributed by atoms with Crippen LogP contribution in [0, 0.1) is 15.9 Å². The number of rotatable bonds is 6. The molecular weight excluding hydrogens is 458 g/mol. The van der Waals surface area contributed by atoms with E-state index < -0.39 is 22.5 Å². The number of nitrogens with one attached hydrogen (secondary N) is 2. The molecule has 34 heavy (non-hydrogen) atoms. The van der Waals surface area contributed by atoms with Gasteiger partial charge in [-0.15, -0.1) is 0 Å². The van der Waals surface area contributed by atoms with Crippen LogP contribution in [-0.4, -0.2) is 24.7 Å². The lowest BCUT2D eigenvalue weighted by Crippen LogP contribution is -2.06. The normalized spacial score (nSPS) is 11.3. The Morgan fingerprint density at radius 2 is 1.88 bits per heavy atom. The highest BCUT2D eigenvalue weighted by Gasteiger charge is 2.30. The molecule has 0 bridgehead atoms. The van der Waals surface area contributed by atoms with Crippen LogP contribution in [0.15, 0.2) is 61.1 Å². The van der Waals surface area contributed by atoms with Crippen molar-refractivity contribution in [1.82, 2.24) is 19.7 Å². The topological polar surface area (TPSA) is 111 Å². The highest BCUT2D eigenvalue weighted by atomic mass is 19.4. The molecule has 0 unspecified atom stereocenters. The summed E-state index contributed by atoms with van der Waals surface area (Å²) in [6.07, 6.45) is -0.188. The van der Waals surface area contributed by atoms with Gasteiger partial charge < -0.3 is 10.6 Å². The number of nitro groups is 1. The Bertz CT molecular complexity index is 1370. The van der Waals surface area contributed by atoms with E-state index in [1.165, 1.54) is 29.2 Å². The Hall–Kier alpha value is -4.55. The summed E-state index contributed by atoms with van der Waals surface area (Å²) in [6, 6.07) is 7.30. The second kappa shape index (κ2) is 8.77. The minimum absolute atomic E-state index is 0.0389. The van der Waals surface area contributed by atoms with Crippen molar-refractivity contribution < 1.29 is 22.5 Å². The van der Waals surface area contributed by atoms with Crippen molar-refractivity contribution in [3.05, 3.63) is 82.6 Å². The molecule has 2 aromatic carbocycles. The van der Waals surface area contributed by atoms with E-state index in [0.29, 0.717) is 5.69 Å². The van der Waals surface area contributed by atoms with E-state index in [9.17, 15) is 27.7 Å². The molecule has 0 saturated heterocycles. The van der Waals surface area contributed by atoms with E-state index in [2.05, 4.69) is 25.7 Å². The van der Waals surface area contributed by atoms with Crippen LogP contribution >= 0.6 is 0 Å². The van der Waals surface area contributed by atoms with Crippen molar-refractivity contribution in [3.63, 3.8) is 0 Å². The maximum atomic E-state index is 14.4. The Balaban J connectivity index is 1.80. The Morgan fingerprint density at radius 1 is 1.09 bits per heavy atom. The average molecular weight is 473 g/mol. The fraction of sp³-hybridized carbons (Fsp3) is 0.0952.